The van der Waals surface area contributed by atoms with E-state index in [0.29, 0.717) is 29.5 Å². The molecule has 0 aromatic heterocycles. The van der Waals surface area contributed by atoms with Crippen LogP contribution in [0.2, 0.25) is 10.0 Å². The Kier molecular flexibility index (Phi) is 7.96. The van der Waals surface area contributed by atoms with E-state index in [9.17, 15) is 9.59 Å². The number of benzene rings is 2. The van der Waals surface area contributed by atoms with Gasteiger partial charge in [0.25, 0.3) is 0 Å². The number of carbonyl (C=O) groups is 2. The van der Waals surface area contributed by atoms with Gasteiger partial charge in [0.2, 0.25) is 11.8 Å². The molecule has 1 aliphatic heterocycles. The summed E-state index contributed by atoms with van der Waals surface area (Å²) in [6.07, 6.45) is 5.65. The van der Waals surface area contributed by atoms with Crippen LogP contribution in [-0.4, -0.2) is 17.9 Å². The van der Waals surface area contributed by atoms with Gasteiger partial charge in [-0.05, 0) is 55.5 Å². The maximum Gasteiger partial charge on any atom is 0.229 e. The molecule has 154 valence electrons. The van der Waals surface area contributed by atoms with Crippen molar-refractivity contribution < 1.29 is 9.59 Å². The number of carbonyl (C=O) groups excluding carboxylic acids is 2. The van der Waals surface area contributed by atoms with Crippen LogP contribution in [0.15, 0.2) is 54.6 Å². The quantitative estimate of drug-likeness (QED) is 0.652. The lowest BCUT2D eigenvalue weighted by atomic mass is 9.81. The Morgan fingerprint density at radius 2 is 1.62 bits per heavy atom. The molecule has 2 fully saturated rings. The van der Waals surface area contributed by atoms with E-state index in [4.69, 9.17) is 23.2 Å². The maximum absolute atomic E-state index is 12.6. The fraction of sp³-hybridized carbons (Fsp3) is 0.391. The van der Waals surface area contributed by atoms with E-state index in [1.165, 1.54) is 12.8 Å². The minimum absolute atomic E-state index is 0.0147. The number of piperidine rings is 1. The van der Waals surface area contributed by atoms with Crippen LogP contribution in [0.3, 0.4) is 0 Å². The first-order valence-corrected chi connectivity index (χ1v) is 10.8. The molecule has 2 N–H and O–H groups in total. The van der Waals surface area contributed by atoms with Crippen molar-refractivity contribution in [3.8, 4) is 0 Å². The van der Waals surface area contributed by atoms with E-state index in [2.05, 4.69) is 10.6 Å². The van der Waals surface area contributed by atoms with Crippen LogP contribution in [0.4, 0.5) is 5.69 Å². The van der Waals surface area contributed by atoms with Crippen LogP contribution in [-0.2, 0) is 9.59 Å². The third kappa shape index (κ3) is 6.48. The van der Waals surface area contributed by atoms with Crippen LogP contribution in [0.5, 0.6) is 0 Å². The zero-order valence-electron chi connectivity index (χ0n) is 16.2. The number of hydrogen-bond acceptors (Lipinski definition) is 2. The van der Waals surface area contributed by atoms with Gasteiger partial charge in [0, 0.05) is 28.2 Å². The van der Waals surface area contributed by atoms with Gasteiger partial charge in [0.1, 0.15) is 0 Å². The second-order valence-electron chi connectivity index (χ2n) is 7.58. The second-order valence-corrected chi connectivity index (χ2v) is 8.45. The van der Waals surface area contributed by atoms with Crippen molar-refractivity contribution in [2.45, 2.75) is 44.6 Å². The van der Waals surface area contributed by atoms with Gasteiger partial charge in [-0.2, -0.15) is 0 Å². The standard InChI is InChI=1S/C17H21ClN2O2.C6H5Cl/c18-12-6-3-7-13(10-12)19-17(22)14-8-9-15(21)20-16(14)11-4-1-2-5-11;7-6-4-2-1-3-5-6/h3,6-7,10-11,14,16H,1-2,4-5,8-9H2,(H,19,22)(H,20,21);1-5H/t14?,16-;/m1./s1. The van der Waals surface area contributed by atoms with Crippen LogP contribution >= 0.6 is 23.2 Å². The van der Waals surface area contributed by atoms with Gasteiger partial charge in [-0.1, -0.05) is 60.3 Å². The van der Waals surface area contributed by atoms with Crippen molar-refractivity contribution in [1.82, 2.24) is 5.32 Å². The number of rotatable bonds is 3. The van der Waals surface area contributed by atoms with Gasteiger partial charge in [0.05, 0.1) is 5.92 Å². The summed E-state index contributed by atoms with van der Waals surface area (Å²) in [7, 11) is 0. The zero-order chi connectivity index (χ0) is 20.6. The Labute approximate surface area is 182 Å². The summed E-state index contributed by atoms with van der Waals surface area (Å²) < 4.78 is 0. The number of hydrogen-bond donors (Lipinski definition) is 2. The highest BCUT2D eigenvalue weighted by molar-refractivity contribution is 6.31. The number of amides is 2. The van der Waals surface area contributed by atoms with Crippen molar-refractivity contribution in [2.75, 3.05) is 5.32 Å². The molecule has 4 nitrogen and oxygen atoms in total. The fourth-order valence-corrected chi connectivity index (χ4v) is 4.43. The Morgan fingerprint density at radius 1 is 0.931 bits per heavy atom. The summed E-state index contributed by atoms with van der Waals surface area (Å²) in [6.45, 7) is 0. The molecular weight excluding hydrogens is 407 g/mol. The molecule has 0 radical (unpaired) electrons. The highest BCUT2D eigenvalue weighted by Crippen LogP contribution is 2.34. The molecule has 6 heteroatoms. The molecule has 2 aromatic carbocycles. The molecule has 1 saturated carbocycles. The van der Waals surface area contributed by atoms with Crippen molar-refractivity contribution >= 4 is 40.7 Å². The molecule has 2 aromatic rings. The second kappa shape index (κ2) is 10.7. The third-order valence-electron chi connectivity index (χ3n) is 5.51. The van der Waals surface area contributed by atoms with Gasteiger partial charge in [-0.15, -0.1) is 0 Å². The molecule has 29 heavy (non-hydrogen) atoms. The van der Waals surface area contributed by atoms with Crippen molar-refractivity contribution in [3.05, 3.63) is 64.6 Å². The lowest BCUT2D eigenvalue weighted by molar-refractivity contribution is -0.129. The minimum atomic E-state index is -0.153. The molecule has 1 aliphatic carbocycles. The largest absolute Gasteiger partial charge is 0.352 e. The predicted molar refractivity (Wildman–Crippen MR) is 118 cm³/mol. The molecule has 4 rings (SSSR count). The number of anilines is 1. The zero-order valence-corrected chi connectivity index (χ0v) is 17.8. The van der Waals surface area contributed by atoms with E-state index in [0.717, 1.165) is 17.9 Å². The van der Waals surface area contributed by atoms with E-state index in [-0.39, 0.29) is 23.8 Å². The van der Waals surface area contributed by atoms with Crippen molar-refractivity contribution in [1.29, 1.82) is 0 Å². The number of nitrogens with one attached hydrogen (secondary N) is 2. The average Bonchev–Trinajstić information content (AvgIpc) is 3.24. The summed E-state index contributed by atoms with van der Waals surface area (Å²) in [5.74, 6) is 0.335. The fourth-order valence-electron chi connectivity index (χ4n) is 4.10. The normalized spacial score (nSPS) is 21.7. The molecule has 0 bridgehead atoms. The Hall–Kier alpha value is -2.04. The molecule has 1 heterocycles. The summed E-state index contributed by atoms with van der Waals surface area (Å²) in [5, 5.41) is 7.40. The third-order valence-corrected chi connectivity index (χ3v) is 6.00. The molecule has 1 saturated heterocycles. The molecule has 2 atom stereocenters. The highest BCUT2D eigenvalue weighted by Gasteiger charge is 2.39. The topological polar surface area (TPSA) is 58.2 Å². The van der Waals surface area contributed by atoms with Crippen molar-refractivity contribution in [2.24, 2.45) is 11.8 Å². The van der Waals surface area contributed by atoms with Gasteiger partial charge in [-0.25, -0.2) is 0 Å². The molecule has 0 spiro atoms. The van der Waals surface area contributed by atoms with Crippen LogP contribution < -0.4 is 10.6 Å². The summed E-state index contributed by atoms with van der Waals surface area (Å²) >= 11 is 11.5. The van der Waals surface area contributed by atoms with Gasteiger partial charge >= 0.3 is 0 Å². The summed E-state index contributed by atoms with van der Waals surface area (Å²) in [5.41, 5.74) is 0.708. The van der Waals surface area contributed by atoms with E-state index in [1.807, 2.05) is 42.5 Å². The monoisotopic (exact) mass is 432 g/mol. The van der Waals surface area contributed by atoms with Crippen LogP contribution in [0.1, 0.15) is 38.5 Å². The predicted octanol–water partition coefficient (Wildman–Crippen LogP) is 5.70. The van der Waals surface area contributed by atoms with Gasteiger partial charge in [-0.3, -0.25) is 9.59 Å². The first-order chi connectivity index (χ1) is 14.0. The maximum atomic E-state index is 12.6. The van der Waals surface area contributed by atoms with Gasteiger partial charge < -0.3 is 10.6 Å². The highest BCUT2D eigenvalue weighted by atomic mass is 35.5. The summed E-state index contributed by atoms with van der Waals surface area (Å²) in [6, 6.07) is 16.6. The first kappa shape index (κ1) is 21.7. The molecular formula is C23H26Cl2N2O2. The first-order valence-electron chi connectivity index (χ1n) is 10.1. The number of halogens is 2. The van der Waals surface area contributed by atoms with Crippen molar-refractivity contribution in [3.63, 3.8) is 0 Å². The van der Waals surface area contributed by atoms with E-state index < -0.39 is 0 Å². The van der Waals surface area contributed by atoms with E-state index >= 15 is 0 Å². The summed E-state index contributed by atoms with van der Waals surface area (Å²) in [4.78, 5) is 24.4. The lowest BCUT2D eigenvalue weighted by Crippen LogP contribution is -2.52. The molecule has 1 unspecified atom stereocenters. The Bertz CT molecular complexity index is 823. The lowest BCUT2D eigenvalue weighted by Gasteiger charge is -2.35. The van der Waals surface area contributed by atoms with Crippen LogP contribution in [0, 0.1) is 11.8 Å². The average molecular weight is 433 g/mol. The SMILES string of the molecule is Clc1ccccc1.O=C1CCC(C(=O)Nc2cccc(Cl)c2)[C@@H](C2CCCC2)N1. The van der Waals surface area contributed by atoms with Crippen LogP contribution in [0.25, 0.3) is 0 Å². The van der Waals surface area contributed by atoms with E-state index in [1.54, 1.807) is 12.1 Å². The Balaban J connectivity index is 0.000000290. The smallest absolute Gasteiger partial charge is 0.229 e. The minimum Gasteiger partial charge on any atom is -0.352 e. The molecule has 2 amide bonds. The Morgan fingerprint density at radius 3 is 2.24 bits per heavy atom. The van der Waals surface area contributed by atoms with Gasteiger partial charge in [0.15, 0.2) is 0 Å². The molecule has 2 aliphatic rings.